The highest BCUT2D eigenvalue weighted by molar-refractivity contribution is 5.85. The molecule has 0 aromatic heterocycles. The monoisotopic (exact) mass is 286 g/mol. The van der Waals surface area contributed by atoms with Gasteiger partial charge in [-0.05, 0) is 35.4 Å². The van der Waals surface area contributed by atoms with E-state index >= 15 is 0 Å². The zero-order chi connectivity index (χ0) is 11.7. The Labute approximate surface area is 117 Å². The molecule has 0 spiro atoms. The first-order chi connectivity index (χ1) is 7.58. The third-order valence-electron chi connectivity index (χ3n) is 2.51. The topological polar surface area (TPSA) is 167 Å². The molecule has 0 aliphatic heterocycles. The Balaban J connectivity index is 0. The van der Waals surface area contributed by atoms with Crippen LogP contribution in [0.1, 0.15) is 0 Å². The van der Waals surface area contributed by atoms with Crippen LogP contribution < -0.4 is 22.9 Å². The molecule has 0 saturated heterocycles. The van der Waals surface area contributed by atoms with Gasteiger partial charge in [-0.25, -0.2) is 0 Å². The second-order valence-corrected chi connectivity index (χ2v) is 3.69. The van der Waals surface area contributed by atoms with Gasteiger partial charge in [0.25, 0.3) is 0 Å². The first-order valence-corrected chi connectivity index (χ1v) is 4.88. The van der Waals surface area contributed by atoms with Crippen LogP contribution in [0.15, 0.2) is 36.4 Å². The van der Waals surface area contributed by atoms with Crippen molar-refractivity contribution in [2.45, 2.75) is 0 Å². The smallest absolute Gasteiger partial charge is 0.0554 e. The summed E-state index contributed by atoms with van der Waals surface area (Å²) in [6.07, 6.45) is 0. The Hall–Kier alpha value is -2.15. The molecule has 19 heavy (non-hydrogen) atoms. The number of anilines is 4. The van der Waals surface area contributed by atoms with E-state index in [0.29, 0.717) is 22.7 Å². The summed E-state index contributed by atoms with van der Waals surface area (Å²) in [6, 6.07) is 11.0. The van der Waals surface area contributed by atoms with Gasteiger partial charge in [-0.2, -0.15) is 0 Å². The number of nitrogens with two attached hydrogens (primary N) is 4. The van der Waals surface area contributed by atoms with E-state index in [1.807, 2.05) is 24.3 Å². The van der Waals surface area contributed by atoms with Crippen LogP contribution in [0.3, 0.4) is 0 Å². The van der Waals surface area contributed by atoms with Crippen molar-refractivity contribution in [3.8, 4) is 11.1 Å². The molecule has 7 heteroatoms. The zero-order valence-electron chi connectivity index (χ0n) is 10.2. The quantitative estimate of drug-likeness (QED) is 0.559. The Bertz CT molecular complexity index is 500. The molecular weight excluding hydrogens is 268 g/mol. The summed E-state index contributed by atoms with van der Waals surface area (Å²) < 4.78 is 0. The molecule has 0 bridgehead atoms. The van der Waals surface area contributed by atoms with Crippen molar-refractivity contribution in [3.63, 3.8) is 0 Å². The van der Waals surface area contributed by atoms with Crippen LogP contribution in [0.2, 0.25) is 0 Å². The van der Waals surface area contributed by atoms with Crippen LogP contribution in [-0.4, -0.2) is 11.0 Å². The molecule has 106 valence electrons. The molecule has 0 fully saturated rings. The standard InChI is InChI=1S/C12H14N4.ClH.2H2O/c13-9-3-1-7(5-11(9)15)8-2-4-10(14)12(16)6-8;;;/h1-6H,13-16H2;1H;2*1H2. The van der Waals surface area contributed by atoms with Gasteiger partial charge in [0.2, 0.25) is 0 Å². The minimum Gasteiger partial charge on any atom is -0.412 e. The number of benzene rings is 2. The van der Waals surface area contributed by atoms with Crippen LogP contribution in [0, 0.1) is 0 Å². The second kappa shape index (κ2) is 7.32. The fourth-order valence-electron chi connectivity index (χ4n) is 1.51. The Morgan fingerprint density at radius 3 is 1.11 bits per heavy atom. The van der Waals surface area contributed by atoms with Gasteiger partial charge in [-0.15, -0.1) is 12.4 Å². The van der Waals surface area contributed by atoms with Gasteiger partial charge in [-0.3, -0.25) is 0 Å². The summed E-state index contributed by atoms with van der Waals surface area (Å²) >= 11 is 0. The van der Waals surface area contributed by atoms with Gasteiger partial charge < -0.3 is 33.9 Å². The molecule has 0 amide bonds. The van der Waals surface area contributed by atoms with Gasteiger partial charge in [0, 0.05) is 0 Å². The van der Waals surface area contributed by atoms with E-state index in [2.05, 4.69) is 0 Å². The summed E-state index contributed by atoms with van der Waals surface area (Å²) in [5.41, 5.74) is 27.0. The van der Waals surface area contributed by atoms with Crippen LogP contribution in [0.25, 0.3) is 11.1 Å². The first kappa shape index (κ1) is 19.2. The minimum absolute atomic E-state index is 0. The van der Waals surface area contributed by atoms with Crippen LogP contribution in [0.4, 0.5) is 22.7 Å². The molecule has 12 N–H and O–H groups in total. The van der Waals surface area contributed by atoms with Crippen molar-refractivity contribution in [1.82, 2.24) is 0 Å². The Morgan fingerprint density at radius 2 is 0.842 bits per heavy atom. The van der Waals surface area contributed by atoms with Gasteiger partial charge in [0.1, 0.15) is 0 Å². The van der Waals surface area contributed by atoms with E-state index in [1.165, 1.54) is 0 Å². The molecule has 0 saturated carbocycles. The maximum atomic E-state index is 5.74. The van der Waals surface area contributed by atoms with Crippen molar-refractivity contribution in [1.29, 1.82) is 0 Å². The molecule has 0 aliphatic carbocycles. The number of halogens is 1. The normalized spacial score (nSPS) is 8.63. The van der Waals surface area contributed by atoms with Gasteiger partial charge in [0.15, 0.2) is 0 Å². The lowest BCUT2D eigenvalue weighted by Gasteiger charge is -2.07. The molecule has 0 radical (unpaired) electrons. The molecule has 2 aromatic carbocycles. The van der Waals surface area contributed by atoms with Crippen LogP contribution in [0.5, 0.6) is 0 Å². The van der Waals surface area contributed by atoms with E-state index in [1.54, 1.807) is 12.1 Å². The van der Waals surface area contributed by atoms with E-state index < -0.39 is 0 Å². The number of nitrogen functional groups attached to an aromatic ring is 4. The summed E-state index contributed by atoms with van der Waals surface area (Å²) in [5, 5.41) is 0. The average molecular weight is 287 g/mol. The molecular formula is C12H19ClN4O2. The second-order valence-electron chi connectivity index (χ2n) is 3.69. The Morgan fingerprint density at radius 1 is 0.526 bits per heavy atom. The van der Waals surface area contributed by atoms with Crippen molar-refractivity contribution in [3.05, 3.63) is 36.4 Å². The van der Waals surface area contributed by atoms with Gasteiger partial charge >= 0.3 is 0 Å². The van der Waals surface area contributed by atoms with E-state index in [4.69, 9.17) is 22.9 Å². The number of hydrogen-bond donors (Lipinski definition) is 4. The molecule has 0 unspecified atom stereocenters. The zero-order valence-corrected chi connectivity index (χ0v) is 11.0. The molecule has 0 atom stereocenters. The largest absolute Gasteiger partial charge is 0.412 e. The highest BCUT2D eigenvalue weighted by Gasteiger charge is 2.02. The maximum Gasteiger partial charge on any atom is 0.0554 e. The predicted molar refractivity (Wildman–Crippen MR) is 84.0 cm³/mol. The predicted octanol–water partition coefficient (Wildman–Crippen LogP) is 0.455. The molecule has 6 nitrogen and oxygen atoms in total. The average Bonchev–Trinajstić information content (AvgIpc) is 2.26. The molecule has 0 aliphatic rings. The highest BCUT2D eigenvalue weighted by Crippen LogP contribution is 2.28. The lowest BCUT2D eigenvalue weighted by Crippen LogP contribution is -1.96. The van der Waals surface area contributed by atoms with Crippen LogP contribution >= 0.6 is 12.4 Å². The Kier molecular flexibility index (Phi) is 7.40. The minimum atomic E-state index is 0. The summed E-state index contributed by atoms with van der Waals surface area (Å²) in [4.78, 5) is 0. The highest BCUT2D eigenvalue weighted by atomic mass is 35.5. The third-order valence-corrected chi connectivity index (χ3v) is 2.51. The van der Waals surface area contributed by atoms with Gasteiger partial charge in [-0.1, -0.05) is 12.1 Å². The van der Waals surface area contributed by atoms with Crippen molar-refractivity contribution in [2.24, 2.45) is 0 Å². The summed E-state index contributed by atoms with van der Waals surface area (Å²) in [7, 11) is 0. The number of hydrogen-bond acceptors (Lipinski definition) is 4. The maximum absolute atomic E-state index is 5.74. The van der Waals surface area contributed by atoms with Crippen molar-refractivity contribution < 1.29 is 11.0 Å². The molecule has 0 heterocycles. The molecule has 2 rings (SSSR count). The van der Waals surface area contributed by atoms with Crippen LogP contribution in [-0.2, 0) is 0 Å². The van der Waals surface area contributed by atoms with E-state index in [-0.39, 0.29) is 23.4 Å². The summed E-state index contributed by atoms with van der Waals surface area (Å²) in [6.45, 7) is 0. The first-order valence-electron chi connectivity index (χ1n) is 4.88. The lowest BCUT2D eigenvalue weighted by atomic mass is 10.0. The van der Waals surface area contributed by atoms with Gasteiger partial charge in [0.05, 0.1) is 22.7 Å². The summed E-state index contributed by atoms with van der Waals surface area (Å²) in [5.74, 6) is 0. The van der Waals surface area contributed by atoms with E-state index in [0.717, 1.165) is 11.1 Å². The SMILES string of the molecule is Cl.Nc1ccc(-c2ccc(N)c(N)c2)cc1N.O.O. The third kappa shape index (κ3) is 3.92. The fourth-order valence-corrected chi connectivity index (χ4v) is 1.51. The lowest BCUT2D eigenvalue weighted by molar-refractivity contribution is 0.823. The molecule has 2 aromatic rings. The van der Waals surface area contributed by atoms with Crippen molar-refractivity contribution in [2.75, 3.05) is 22.9 Å². The number of rotatable bonds is 1. The van der Waals surface area contributed by atoms with E-state index in [9.17, 15) is 0 Å². The fraction of sp³-hybridized carbons (Fsp3) is 0. The van der Waals surface area contributed by atoms with Crippen molar-refractivity contribution >= 4 is 35.2 Å².